The quantitative estimate of drug-likeness (QED) is 0.853. The Morgan fingerprint density at radius 3 is 3.06 bits per heavy atom. The molecule has 100 valence electrons. The Hall–Kier alpha value is -1.36. The smallest absolute Gasteiger partial charge is 0.134 e. The predicted octanol–water partition coefficient (Wildman–Crippen LogP) is 1.28. The normalized spacial score (nSPS) is 19.3. The van der Waals surface area contributed by atoms with E-state index in [0.29, 0.717) is 0 Å². The summed E-state index contributed by atoms with van der Waals surface area (Å²) in [5.74, 6) is 1.88. The molecule has 1 saturated heterocycles. The zero-order valence-electron chi connectivity index (χ0n) is 11.2. The minimum atomic E-state index is 0.199. The van der Waals surface area contributed by atoms with E-state index in [9.17, 15) is 5.11 Å². The molecule has 5 heteroatoms. The van der Waals surface area contributed by atoms with Crippen LogP contribution in [0.2, 0.25) is 0 Å². The van der Waals surface area contributed by atoms with E-state index in [2.05, 4.69) is 26.7 Å². The van der Waals surface area contributed by atoms with E-state index in [1.54, 1.807) is 6.33 Å². The van der Waals surface area contributed by atoms with Gasteiger partial charge in [-0.25, -0.2) is 9.97 Å². The Morgan fingerprint density at radius 1 is 1.50 bits per heavy atom. The number of hydrogen-bond acceptors (Lipinski definition) is 5. The van der Waals surface area contributed by atoms with Crippen molar-refractivity contribution in [3.8, 4) is 0 Å². The summed E-state index contributed by atoms with van der Waals surface area (Å²) in [7, 11) is 2.04. The molecule has 0 aliphatic carbocycles. The first kappa shape index (κ1) is 13.1. The van der Waals surface area contributed by atoms with Crippen LogP contribution in [0.4, 0.5) is 11.6 Å². The van der Waals surface area contributed by atoms with Crippen molar-refractivity contribution in [2.75, 3.05) is 36.5 Å². The van der Waals surface area contributed by atoms with Crippen molar-refractivity contribution in [1.82, 2.24) is 9.97 Å². The molecule has 0 aromatic carbocycles. The van der Waals surface area contributed by atoms with Gasteiger partial charge in [0.1, 0.15) is 18.0 Å². The third-order valence-corrected chi connectivity index (χ3v) is 3.47. The number of rotatable bonds is 5. The van der Waals surface area contributed by atoms with Gasteiger partial charge < -0.3 is 14.9 Å². The molecule has 2 rings (SSSR count). The van der Waals surface area contributed by atoms with E-state index >= 15 is 0 Å². The SMILES string of the molecule is CCCN(C)c1cc(N2CCCC2CO)ncn1. The lowest BCUT2D eigenvalue weighted by molar-refractivity contribution is 0.266. The molecule has 0 spiro atoms. The Balaban J connectivity index is 2.16. The molecule has 0 amide bonds. The Bertz CT molecular complexity index is 385. The molecule has 5 nitrogen and oxygen atoms in total. The van der Waals surface area contributed by atoms with Gasteiger partial charge in [-0.2, -0.15) is 0 Å². The van der Waals surface area contributed by atoms with Crippen LogP contribution in [-0.4, -0.2) is 47.9 Å². The third kappa shape index (κ3) is 2.72. The highest BCUT2D eigenvalue weighted by atomic mass is 16.3. The zero-order chi connectivity index (χ0) is 13.0. The van der Waals surface area contributed by atoms with Gasteiger partial charge in [0.15, 0.2) is 0 Å². The van der Waals surface area contributed by atoms with Crippen LogP contribution in [0.3, 0.4) is 0 Å². The van der Waals surface area contributed by atoms with Crippen molar-refractivity contribution in [3.05, 3.63) is 12.4 Å². The highest BCUT2D eigenvalue weighted by Gasteiger charge is 2.25. The first-order chi connectivity index (χ1) is 8.76. The molecule has 0 saturated carbocycles. The number of nitrogens with zero attached hydrogens (tertiary/aromatic N) is 4. The van der Waals surface area contributed by atoms with E-state index in [-0.39, 0.29) is 12.6 Å². The second-order valence-corrected chi connectivity index (χ2v) is 4.83. The summed E-state index contributed by atoms with van der Waals surface area (Å²) in [5, 5.41) is 9.36. The van der Waals surface area contributed by atoms with Crippen LogP contribution in [0.1, 0.15) is 26.2 Å². The van der Waals surface area contributed by atoms with Gasteiger partial charge in [-0.3, -0.25) is 0 Å². The van der Waals surface area contributed by atoms with E-state index in [0.717, 1.165) is 44.0 Å². The minimum absolute atomic E-state index is 0.199. The lowest BCUT2D eigenvalue weighted by atomic mass is 10.2. The van der Waals surface area contributed by atoms with Crippen LogP contribution in [0.25, 0.3) is 0 Å². The lowest BCUT2D eigenvalue weighted by Gasteiger charge is -2.25. The highest BCUT2D eigenvalue weighted by molar-refractivity contribution is 5.50. The van der Waals surface area contributed by atoms with Gasteiger partial charge >= 0.3 is 0 Å². The highest BCUT2D eigenvalue weighted by Crippen LogP contribution is 2.25. The summed E-state index contributed by atoms with van der Waals surface area (Å²) in [6.45, 7) is 4.31. The molecule has 1 aromatic rings. The molecule has 1 aliphatic heterocycles. The molecule has 1 fully saturated rings. The molecule has 18 heavy (non-hydrogen) atoms. The Kier molecular flexibility index (Phi) is 4.36. The summed E-state index contributed by atoms with van der Waals surface area (Å²) in [6.07, 6.45) is 4.87. The molecule has 0 radical (unpaired) electrons. The number of anilines is 2. The van der Waals surface area contributed by atoms with Gasteiger partial charge in [0.05, 0.1) is 12.6 Å². The molecule has 2 heterocycles. The van der Waals surface area contributed by atoms with Gasteiger partial charge in [0.25, 0.3) is 0 Å². The van der Waals surface area contributed by atoms with Gasteiger partial charge in [0.2, 0.25) is 0 Å². The van der Waals surface area contributed by atoms with Gasteiger partial charge in [-0.15, -0.1) is 0 Å². The molecule has 1 aromatic heterocycles. The first-order valence-electron chi connectivity index (χ1n) is 6.67. The maximum Gasteiger partial charge on any atom is 0.134 e. The lowest BCUT2D eigenvalue weighted by Crippen LogP contribution is -2.33. The molecule has 1 aliphatic rings. The van der Waals surface area contributed by atoms with Crippen LogP contribution >= 0.6 is 0 Å². The van der Waals surface area contributed by atoms with Gasteiger partial charge in [-0.05, 0) is 19.3 Å². The van der Waals surface area contributed by atoms with Crippen molar-refractivity contribution in [2.45, 2.75) is 32.2 Å². The number of aliphatic hydroxyl groups excluding tert-OH is 1. The molecule has 1 atom stereocenters. The summed E-state index contributed by atoms with van der Waals surface area (Å²) < 4.78 is 0. The number of aromatic nitrogens is 2. The second-order valence-electron chi connectivity index (χ2n) is 4.83. The predicted molar refractivity (Wildman–Crippen MR) is 73.0 cm³/mol. The van der Waals surface area contributed by atoms with Crippen LogP contribution in [0.15, 0.2) is 12.4 Å². The maximum atomic E-state index is 9.36. The average molecular weight is 250 g/mol. The van der Waals surface area contributed by atoms with Crippen LogP contribution < -0.4 is 9.80 Å². The van der Waals surface area contributed by atoms with Crippen LogP contribution in [0, 0.1) is 0 Å². The monoisotopic (exact) mass is 250 g/mol. The number of hydrogen-bond donors (Lipinski definition) is 1. The van der Waals surface area contributed by atoms with Crippen LogP contribution in [0.5, 0.6) is 0 Å². The van der Waals surface area contributed by atoms with Crippen molar-refractivity contribution < 1.29 is 5.11 Å². The molecule has 0 bridgehead atoms. The minimum Gasteiger partial charge on any atom is -0.394 e. The third-order valence-electron chi connectivity index (χ3n) is 3.47. The Morgan fingerprint density at radius 2 is 2.33 bits per heavy atom. The van der Waals surface area contributed by atoms with E-state index < -0.39 is 0 Å². The van der Waals surface area contributed by atoms with Gasteiger partial charge in [0, 0.05) is 26.2 Å². The zero-order valence-corrected chi connectivity index (χ0v) is 11.2. The van der Waals surface area contributed by atoms with Crippen LogP contribution in [-0.2, 0) is 0 Å². The summed E-state index contributed by atoms with van der Waals surface area (Å²) >= 11 is 0. The molecule has 1 N–H and O–H groups in total. The summed E-state index contributed by atoms with van der Waals surface area (Å²) in [5.41, 5.74) is 0. The fourth-order valence-corrected chi connectivity index (χ4v) is 2.48. The topological polar surface area (TPSA) is 52.5 Å². The van der Waals surface area contributed by atoms with E-state index in [1.165, 1.54) is 0 Å². The molecular weight excluding hydrogens is 228 g/mol. The van der Waals surface area contributed by atoms with Gasteiger partial charge in [-0.1, -0.05) is 6.92 Å². The first-order valence-corrected chi connectivity index (χ1v) is 6.67. The molecule has 1 unspecified atom stereocenters. The van der Waals surface area contributed by atoms with Crippen molar-refractivity contribution in [1.29, 1.82) is 0 Å². The average Bonchev–Trinajstić information content (AvgIpc) is 2.87. The second kappa shape index (κ2) is 6.00. The van der Waals surface area contributed by atoms with Crippen molar-refractivity contribution in [3.63, 3.8) is 0 Å². The molecular formula is C13H22N4O. The van der Waals surface area contributed by atoms with Crippen molar-refractivity contribution >= 4 is 11.6 Å². The van der Waals surface area contributed by atoms with E-state index in [4.69, 9.17) is 0 Å². The van der Waals surface area contributed by atoms with E-state index in [1.807, 2.05) is 13.1 Å². The fourth-order valence-electron chi connectivity index (χ4n) is 2.48. The Labute approximate surface area is 108 Å². The summed E-state index contributed by atoms with van der Waals surface area (Å²) in [6, 6.07) is 2.23. The standard InChI is InChI=1S/C13H22N4O/c1-3-6-16(2)12-8-13(15-10-14-12)17-7-4-5-11(17)9-18/h8,10-11,18H,3-7,9H2,1-2H3. The largest absolute Gasteiger partial charge is 0.394 e. The number of aliphatic hydroxyl groups is 1. The van der Waals surface area contributed by atoms with Crippen molar-refractivity contribution in [2.24, 2.45) is 0 Å². The summed E-state index contributed by atoms with van der Waals surface area (Å²) in [4.78, 5) is 13.0. The maximum absolute atomic E-state index is 9.36. The fraction of sp³-hybridized carbons (Fsp3) is 0.692.